The van der Waals surface area contributed by atoms with Gasteiger partial charge in [0.25, 0.3) is 0 Å². The van der Waals surface area contributed by atoms with Crippen molar-refractivity contribution in [2.24, 2.45) is 0 Å². The van der Waals surface area contributed by atoms with E-state index in [0.717, 1.165) is 11.3 Å². The summed E-state index contributed by atoms with van der Waals surface area (Å²) in [5.41, 5.74) is 3.27. The smallest absolute Gasteiger partial charge is 0.240 e. The van der Waals surface area contributed by atoms with Crippen LogP contribution in [0.2, 0.25) is 0 Å². The van der Waals surface area contributed by atoms with Crippen molar-refractivity contribution in [3.8, 4) is 5.75 Å². The second kappa shape index (κ2) is 9.84. The van der Waals surface area contributed by atoms with Gasteiger partial charge in [0.05, 0.1) is 23.4 Å². The number of methoxy groups -OCH3 is 1. The summed E-state index contributed by atoms with van der Waals surface area (Å²) in [6.07, 6.45) is 1.66. The van der Waals surface area contributed by atoms with Gasteiger partial charge in [0.15, 0.2) is 5.82 Å². The van der Waals surface area contributed by atoms with E-state index in [9.17, 15) is 8.42 Å². The summed E-state index contributed by atoms with van der Waals surface area (Å²) in [4.78, 5) is 6.11. The molecule has 10 heteroatoms. The van der Waals surface area contributed by atoms with Crippen LogP contribution in [0.5, 0.6) is 5.75 Å². The van der Waals surface area contributed by atoms with Gasteiger partial charge in [-0.3, -0.25) is 15.7 Å². The molecular weight excluding hydrogens is 488 g/mol. The Kier molecular flexibility index (Phi) is 6.43. The number of pyridine rings is 1. The number of rotatable bonds is 6. The summed E-state index contributed by atoms with van der Waals surface area (Å²) in [7, 11) is -2.18. The fourth-order valence-corrected chi connectivity index (χ4v) is 5.02. The van der Waals surface area contributed by atoms with Crippen LogP contribution in [0, 0.1) is 10.8 Å². The minimum Gasteiger partial charge on any atom is -0.497 e. The highest BCUT2D eigenvalue weighted by atomic mass is 32.2. The van der Waals surface area contributed by atoms with E-state index < -0.39 is 10.0 Å². The van der Waals surface area contributed by atoms with Crippen molar-refractivity contribution in [3.05, 3.63) is 108 Å². The van der Waals surface area contributed by atoms with Crippen LogP contribution < -0.4 is 19.7 Å². The molecule has 9 nitrogen and oxygen atoms in total. The number of nitrogens with zero attached hydrogens (tertiary/aromatic N) is 2. The lowest BCUT2D eigenvalue weighted by Gasteiger charge is -2.25. The average Bonchev–Trinajstić information content (AvgIpc) is 3.05. The molecule has 0 fully saturated rings. The maximum absolute atomic E-state index is 12.6. The lowest BCUT2D eigenvalue weighted by Crippen LogP contribution is -2.36. The second-order valence-electron chi connectivity index (χ2n) is 8.27. The van der Waals surface area contributed by atoms with E-state index in [-0.39, 0.29) is 26.0 Å². The monoisotopic (exact) mass is 516 g/mol. The molecule has 37 heavy (non-hydrogen) atoms. The van der Waals surface area contributed by atoms with Crippen molar-refractivity contribution >= 4 is 38.9 Å². The highest BCUT2D eigenvalue weighted by Gasteiger charge is 2.28. The quantitative estimate of drug-likeness (QED) is 0.211. The molecule has 1 aliphatic rings. The molecule has 190 valence electrons. The first kappa shape index (κ1) is 24.2. The number of para-hydroxylation sites is 1. The number of aromatic nitrogens is 1. The Morgan fingerprint density at radius 1 is 1.03 bits per heavy atom. The molecule has 2 heterocycles. The van der Waals surface area contributed by atoms with E-state index in [1.165, 1.54) is 19.2 Å². The van der Waals surface area contributed by atoms with Crippen molar-refractivity contribution in [1.29, 1.82) is 10.8 Å². The molecule has 0 unspecified atom stereocenters. The molecule has 0 aliphatic carbocycles. The first-order valence-corrected chi connectivity index (χ1v) is 12.9. The third-order valence-electron chi connectivity index (χ3n) is 5.97. The van der Waals surface area contributed by atoms with Gasteiger partial charge in [0.1, 0.15) is 17.4 Å². The molecule has 1 aliphatic heterocycles. The van der Waals surface area contributed by atoms with Gasteiger partial charge in [-0.15, -0.1) is 0 Å². The normalized spacial score (nSPS) is 12.7. The number of hydrogen-bond donors (Lipinski definition) is 4. The van der Waals surface area contributed by atoms with Crippen LogP contribution in [0.1, 0.15) is 19.5 Å². The van der Waals surface area contributed by atoms with Crippen molar-refractivity contribution < 1.29 is 16.0 Å². The third-order valence-corrected chi connectivity index (χ3v) is 7.39. The molecule has 0 radical (unpaired) electrons. The van der Waals surface area contributed by atoms with Gasteiger partial charge >= 0.3 is 0 Å². The Morgan fingerprint density at radius 2 is 1.76 bits per heavy atom. The Morgan fingerprint density at radius 3 is 2.49 bits per heavy atom. The Hall–Kier alpha value is -4.54. The van der Waals surface area contributed by atoms with Gasteiger partial charge in [-0.25, -0.2) is 18.1 Å². The van der Waals surface area contributed by atoms with Crippen LogP contribution in [0.4, 0.5) is 17.2 Å². The number of hydrogen-bond acceptors (Lipinski definition) is 7. The van der Waals surface area contributed by atoms with Crippen LogP contribution in [0.25, 0.3) is 0 Å². The van der Waals surface area contributed by atoms with E-state index in [4.69, 9.17) is 15.6 Å². The number of amidine groups is 2. The summed E-state index contributed by atoms with van der Waals surface area (Å²) >= 11 is 0. The van der Waals surface area contributed by atoms with Crippen LogP contribution in [-0.2, 0) is 16.6 Å². The summed E-state index contributed by atoms with van der Waals surface area (Å²) in [5.74, 6) is 1.37. The second-order valence-corrected chi connectivity index (χ2v) is 10.0. The zero-order valence-corrected chi connectivity index (χ0v) is 20.7. The molecule has 4 aromatic rings. The predicted octanol–water partition coefficient (Wildman–Crippen LogP) is 4.98. The average molecular weight is 517 g/mol. The topological polar surface area (TPSA) is 131 Å². The molecule has 4 N–H and O–H groups in total. The van der Waals surface area contributed by atoms with Crippen molar-refractivity contribution in [2.45, 2.75) is 11.4 Å². The highest BCUT2D eigenvalue weighted by Crippen LogP contribution is 2.34. The molecule has 0 bridgehead atoms. The fraction of sp³-hybridized carbons (Fsp3) is 0.0741. The standard InChI is InChI=1S/C27H24N6O3S.2H2/c1-36-20-12-14-21(15-13-20)37(34,35)31-17-18-8-10-19(11-9-18)25(28)33-24-7-4-16-30-27(24)32-23-6-3-2-5-22(23)26(33)29;;/h2-16,28-29,31H,17H2,1H3,(H,30,32);2*1H. The van der Waals surface area contributed by atoms with E-state index in [0.29, 0.717) is 28.4 Å². The molecule has 0 amide bonds. The van der Waals surface area contributed by atoms with Gasteiger partial charge in [0, 0.05) is 26.7 Å². The highest BCUT2D eigenvalue weighted by molar-refractivity contribution is 7.89. The molecule has 0 atom stereocenters. The maximum atomic E-state index is 12.6. The van der Waals surface area contributed by atoms with E-state index in [2.05, 4.69) is 15.0 Å². The number of anilines is 3. The number of nitrogens with one attached hydrogen (secondary N) is 4. The van der Waals surface area contributed by atoms with Gasteiger partial charge in [-0.1, -0.05) is 36.4 Å². The van der Waals surface area contributed by atoms with Crippen LogP contribution >= 0.6 is 0 Å². The van der Waals surface area contributed by atoms with Crippen molar-refractivity contribution in [1.82, 2.24) is 9.71 Å². The Labute approximate surface area is 217 Å². The van der Waals surface area contributed by atoms with Crippen molar-refractivity contribution in [2.75, 3.05) is 17.3 Å². The maximum Gasteiger partial charge on any atom is 0.240 e. The number of fused-ring (bicyclic) bond motifs is 2. The molecule has 0 saturated carbocycles. The number of ether oxygens (including phenoxy) is 1. The zero-order valence-electron chi connectivity index (χ0n) is 19.9. The third kappa shape index (κ3) is 4.80. The molecule has 0 spiro atoms. The number of benzene rings is 3. The first-order valence-electron chi connectivity index (χ1n) is 11.4. The molecule has 3 aromatic carbocycles. The minimum absolute atomic E-state index is 0. The van der Waals surface area contributed by atoms with E-state index >= 15 is 0 Å². The van der Waals surface area contributed by atoms with Gasteiger partial charge in [0.2, 0.25) is 10.0 Å². The SMILES string of the molecule is COc1ccc(S(=O)(=O)NCc2ccc(C(=N)N3C(=N)c4ccccc4Nc4ncccc43)cc2)cc1.[HH].[HH]. The van der Waals surface area contributed by atoms with E-state index in [1.807, 2.05) is 30.3 Å². The van der Waals surface area contributed by atoms with Gasteiger partial charge in [-0.2, -0.15) is 0 Å². The number of sulfonamides is 1. The molecule has 5 rings (SSSR count). The Balaban J connectivity index is 0.00000210. The summed E-state index contributed by atoms with van der Waals surface area (Å²) < 4.78 is 33.0. The van der Waals surface area contributed by atoms with Gasteiger partial charge < -0.3 is 10.1 Å². The Bertz CT molecular complexity index is 1600. The lowest BCUT2D eigenvalue weighted by molar-refractivity contribution is 0.414. The fourth-order valence-electron chi connectivity index (χ4n) is 4.00. The van der Waals surface area contributed by atoms with Gasteiger partial charge in [-0.05, 0) is 54.1 Å². The molecular formula is C27H28N6O3S. The minimum atomic E-state index is -3.70. The van der Waals surface area contributed by atoms with Crippen LogP contribution in [0.15, 0.2) is 96.0 Å². The van der Waals surface area contributed by atoms with Crippen LogP contribution in [0.3, 0.4) is 0 Å². The lowest BCUT2D eigenvalue weighted by atomic mass is 10.1. The largest absolute Gasteiger partial charge is 0.497 e. The summed E-state index contributed by atoms with van der Waals surface area (Å²) in [6, 6.07) is 24.2. The zero-order chi connectivity index (χ0) is 26.0. The van der Waals surface area contributed by atoms with Crippen molar-refractivity contribution in [3.63, 3.8) is 0 Å². The predicted molar refractivity (Wildman–Crippen MR) is 148 cm³/mol. The van der Waals surface area contributed by atoms with Crippen LogP contribution in [-0.4, -0.2) is 32.2 Å². The first-order chi connectivity index (χ1) is 17.9. The van der Waals surface area contributed by atoms with E-state index in [1.54, 1.807) is 53.6 Å². The molecule has 0 saturated heterocycles. The summed E-state index contributed by atoms with van der Waals surface area (Å²) in [5, 5.41) is 21.1. The summed E-state index contributed by atoms with van der Waals surface area (Å²) in [6.45, 7) is 0.0888. The molecule has 1 aromatic heterocycles.